The van der Waals surface area contributed by atoms with E-state index < -0.39 is 11.7 Å². The molecular weight excluding hydrogens is 381 g/mol. The van der Waals surface area contributed by atoms with E-state index in [-0.39, 0.29) is 5.69 Å². The fourth-order valence-corrected chi connectivity index (χ4v) is 2.82. The Morgan fingerprint density at radius 1 is 0.929 bits per heavy atom. The summed E-state index contributed by atoms with van der Waals surface area (Å²) in [4.78, 5) is 20.6. The van der Waals surface area contributed by atoms with Crippen LogP contribution in [0.3, 0.4) is 0 Å². The minimum atomic E-state index is -0.617. The van der Waals surface area contributed by atoms with E-state index in [9.17, 15) is 9.18 Å². The maximum Gasteiger partial charge on any atom is 0.255 e. The molecule has 1 N–H and O–H groups in total. The summed E-state index contributed by atoms with van der Waals surface area (Å²) in [5.74, 6) is -0.277. The van der Waals surface area contributed by atoms with Crippen molar-refractivity contribution in [3.05, 3.63) is 89.5 Å². The Labute approximate surface area is 164 Å². The molecule has 0 radical (unpaired) electrons. The van der Waals surface area contributed by atoms with Crippen LogP contribution in [0.4, 0.5) is 10.1 Å². The van der Waals surface area contributed by atoms with Gasteiger partial charge in [-0.1, -0.05) is 17.7 Å². The zero-order valence-corrected chi connectivity index (χ0v) is 15.2. The fraction of sp³-hybridized carbons (Fsp3) is 0. The lowest BCUT2D eigenvalue weighted by Gasteiger charge is -2.10. The van der Waals surface area contributed by atoms with E-state index in [4.69, 9.17) is 16.3 Å². The molecule has 138 valence electrons. The van der Waals surface area contributed by atoms with Gasteiger partial charge in [-0.25, -0.2) is 4.39 Å². The lowest BCUT2D eigenvalue weighted by Crippen LogP contribution is -2.12. The molecule has 3 aromatic carbocycles. The topological polar surface area (TPSA) is 64.1 Å². The minimum Gasteiger partial charge on any atom is -0.457 e. The van der Waals surface area contributed by atoms with Crippen LogP contribution in [0.5, 0.6) is 11.5 Å². The molecule has 0 spiro atoms. The Morgan fingerprint density at radius 3 is 2.46 bits per heavy atom. The molecule has 0 aliphatic rings. The number of hydrogen-bond donors (Lipinski definition) is 1. The zero-order valence-electron chi connectivity index (χ0n) is 14.4. The highest BCUT2D eigenvalue weighted by Gasteiger charge is 2.11. The Hall–Kier alpha value is -3.51. The Kier molecular flexibility index (Phi) is 4.87. The van der Waals surface area contributed by atoms with Gasteiger partial charge in [-0.15, -0.1) is 0 Å². The van der Waals surface area contributed by atoms with Gasteiger partial charge >= 0.3 is 0 Å². The molecule has 4 rings (SSSR count). The first kappa shape index (κ1) is 17.9. The van der Waals surface area contributed by atoms with Crippen LogP contribution in [-0.4, -0.2) is 15.9 Å². The highest BCUT2D eigenvalue weighted by molar-refractivity contribution is 6.31. The minimum absolute atomic E-state index is 0.0432. The third-order valence-corrected chi connectivity index (χ3v) is 4.19. The molecule has 4 aromatic rings. The first-order valence-corrected chi connectivity index (χ1v) is 8.71. The van der Waals surface area contributed by atoms with Crippen LogP contribution in [0.15, 0.2) is 73.1 Å². The lowest BCUT2D eigenvalue weighted by molar-refractivity contribution is 0.102. The van der Waals surface area contributed by atoms with Crippen molar-refractivity contribution < 1.29 is 13.9 Å². The Morgan fingerprint density at radius 2 is 1.68 bits per heavy atom. The molecule has 0 fully saturated rings. The second-order valence-electron chi connectivity index (χ2n) is 5.92. The molecule has 0 saturated heterocycles. The number of anilines is 1. The molecule has 5 nitrogen and oxygen atoms in total. The summed E-state index contributed by atoms with van der Waals surface area (Å²) < 4.78 is 20.1. The molecule has 1 heterocycles. The maximum absolute atomic E-state index is 14.4. The number of nitrogens with one attached hydrogen (secondary N) is 1. The average molecular weight is 394 g/mol. The molecule has 0 bridgehead atoms. The number of carbonyl (C=O) groups is 1. The molecule has 1 aromatic heterocycles. The van der Waals surface area contributed by atoms with Crippen LogP contribution in [0.25, 0.3) is 11.0 Å². The Balaban J connectivity index is 1.51. The third-order valence-electron chi connectivity index (χ3n) is 3.95. The van der Waals surface area contributed by atoms with Crippen molar-refractivity contribution in [3.8, 4) is 11.5 Å². The van der Waals surface area contributed by atoms with Crippen molar-refractivity contribution in [2.24, 2.45) is 0 Å². The summed E-state index contributed by atoms with van der Waals surface area (Å²) in [5.41, 5.74) is 1.79. The molecule has 0 aliphatic heterocycles. The van der Waals surface area contributed by atoms with E-state index in [1.165, 1.54) is 18.2 Å². The monoisotopic (exact) mass is 393 g/mol. The van der Waals surface area contributed by atoms with Gasteiger partial charge in [-0.05, 0) is 42.5 Å². The standard InChI is InChI=1S/C21H13ClFN3O2/c22-14-3-1-2-13(10-14)21(27)26-18-6-4-15(11-17(18)23)28-16-5-7-19-20(12-16)25-9-8-24-19/h1-12H,(H,26,27). The van der Waals surface area contributed by atoms with E-state index in [2.05, 4.69) is 15.3 Å². The highest BCUT2D eigenvalue weighted by Crippen LogP contribution is 2.27. The largest absolute Gasteiger partial charge is 0.457 e. The van der Waals surface area contributed by atoms with Crippen molar-refractivity contribution in [1.29, 1.82) is 0 Å². The predicted molar refractivity (Wildman–Crippen MR) is 105 cm³/mol. The molecule has 0 atom stereocenters. The number of halogens is 2. The molecule has 0 unspecified atom stereocenters. The van der Waals surface area contributed by atoms with Crippen molar-refractivity contribution in [3.63, 3.8) is 0 Å². The maximum atomic E-state index is 14.4. The van der Waals surface area contributed by atoms with Crippen molar-refractivity contribution in [2.75, 3.05) is 5.32 Å². The van der Waals surface area contributed by atoms with Gasteiger partial charge in [0, 0.05) is 35.1 Å². The van der Waals surface area contributed by atoms with Gasteiger partial charge in [0.25, 0.3) is 5.91 Å². The zero-order chi connectivity index (χ0) is 19.5. The van der Waals surface area contributed by atoms with Crippen LogP contribution >= 0.6 is 11.6 Å². The van der Waals surface area contributed by atoms with E-state index in [0.29, 0.717) is 27.6 Å². The number of aromatic nitrogens is 2. The molecule has 1 amide bonds. The van der Waals surface area contributed by atoms with Crippen LogP contribution in [0, 0.1) is 5.82 Å². The van der Waals surface area contributed by atoms with Gasteiger partial charge in [0.15, 0.2) is 0 Å². The van der Waals surface area contributed by atoms with Gasteiger partial charge < -0.3 is 10.1 Å². The summed E-state index contributed by atoms with van der Waals surface area (Å²) in [7, 11) is 0. The van der Waals surface area contributed by atoms with Gasteiger partial charge in [0.1, 0.15) is 17.3 Å². The highest BCUT2D eigenvalue weighted by atomic mass is 35.5. The molecular formula is C21H13ClFN3O2. The van der Waals surface area contributed by atoms with Crippen LogP contribution in [0.2, 0.25) is 5.02 Å². The number of hydrogen-bond acceptors (Lipinski definition) is 4. The van der Waals surface area contributed by atoms with E-state index >= 15 is 0 Å². The number of benzene rings is 3. The van der Waals surface area contributed by atoms with Crippen LogP contribution < -0.4 is 10.1 Å². The summed E-state index contributed by atoms with van der Waals surface area (Å²) in [6, 6.07) is 15.8. The average Bonchev–Trinajstić information content (AvgIpc) is 2.70. The summed E-state index contributed by atoms with van der Waals surface area (Å²) in [6.45, 7) is 0. The SMILES string of the molecule is O=C(Nc1ccc(Oc2ccc3nccnc3c2)cc1F)c1cccc(Cl)c1. The third kappa shape index (κ3) is 3.92. The number of rotatable bonds is 4. The van der Waals surface area contributed by atoms with Crippen molar-refractivity contribution >= 4 is 34.2 Å². The van der Waals surface area contributed by atoms with E-state index in [1.807, 2.05) is 0 Å². The fourth-order valence-electron chi connectivity index (χ4n) is 2.63. The van der Waals surface area contributed by atoms with Crippen LogP contribution in [0.1, 0.15) is 10.4 Å². The number of amides is 1. The van der Waals surface area contributed by atoms with Gasteiger partial charge in [0.05, 0.1) is 16.7 Å². The van der Waals surface area contributed by atoms with Gasteiger partial charge in [-0.2, -0.15) is 0 Å². The normalized spacial score (nSPS) is 10.6. The van der Waals surface area contributed by atoms with Gasteiger partial charge in [0.2, 0.25) is 0 Å². The molecule has 0 saturated carbocycles. The summed E-state index contributed by atoms with van der Waals surface area (Å²) >= 11 is 5.88. The Bertz CT molecular complexity index is 1180. The second kappa shape index (κ2) is 7.62. The first-order valence-electron chi connectivity index (χ1n) is 8.33. The number of carbonyl (C=O) groups excluding carboxylic acids is 1. The molecule has 0 aliphatic carbocycles. The quantitative estimate of drug-likeness (QED) is 0.499. The number of nitrogens with zero attached hydrogens (tertiary/aromatic N) is 2. The molecule has 7 heteroatoms. The number of fused-ring (bicyclic) bond motifs is 1. The van der Waals surface area contributed by atoms with Crippen molar-refractivity contribution in [1.82, 2.24) is 9.97 Å². The summed E-state index contributed by atoms with van der Waals surface area (Å²) in [6.07, 6.45) is 3.19. The van der Waals surface area contributed by atoms with Gasteiger partial charge in [-0.3, -0.25) is 14.8 Å². The summed E-state index contributed by atoms with van der Waals surface area (Å²) in [5, 5.41) is 2.95. The second-order valence-corrected chi connectivity index (χ2v) is 6.35. The predicted octanol–water partition coefficient (Wildman–Crippen LogP) is 5.47. The molecule has 28 heavy (non-hydrogen) atoms. The number of ether oxygens (including phenoxy) is 1. The van der Waals surface area contributed by atoms with Crippen LogP contribution in [-0.2, 0) is 0 Å². The smallest absolute Gasteiger partial charge is 0.255 e. The lowest BCUT2D eigenvalue weighted by atomic mass is 10.2. The van der Waals surface area contributed by atoms with E-state index in [0.717, 1.165) is 5.52 Å². The van der Waals surface area contributed by atoms with E-state index in [1.54, 1.807) is 54.9 Å². The van der Waals surface area contributed by atoms with Crippen molar-refractivity contribution in [2.45, 2.75) is 0 Å². The first-order chi connectivity index (χ1) is 13.6.